The minimum Gasteiger partial charge on any atom is -0.478 e. The fourth-order valence-corrected chi connectivity index (χ4v) is 3.33. The summed E-state index contributed by atoms with van der Waals surface area (Å²) in [6, 6.07) is 7.44. The van der Waals surface area contributed by atoms with Gasteiger partial charge in [0.1, 0.15) is 12.2 Å². The predicted octanol–water partition coefficient (Wildman–Crippen LogP) is 2.07. The number of amides is 1. The highest BCUT2D eigenvalue weighted by molar-refractivity contribution is 6.06. The van der Waals surface area contributed by atoms with Crippen molar-refractivity contribution in [2.45, 2.75) is 19.3 Å². The molecule has 120 valence electrons. The van der Waals surface area contributed by atoms with Gasteiger partial charge in [0.15, 0.2) is 0 Å². The van der Waals surface area contributed by atoms with E-state index < -0.39 is 11.9 Å². The number of carboxylic acids is 1. The van der Waals surface area contributed by atoms with Crippen LogP contribution < -0.4 is 5.32 Å². The SMILES string of the molecule is CCc1c(C(=O)O)cn2ncnc(C3C(=O)Nc4ccccc43)c12. The van der Waals surface area contributed by atoms with E-state index in [2.05, 4.69) is 15.4 Å². The van der Waals surface area contributed by atoms with E-state index in [0.717, 1.165) is 11.3 Å². The summed E-state index contributed by atoms with van der Waals surface area (Å²) in [5, 5.41) is 16.4. The van der Waals surface area contributed by atoms with Crippen LogP contribution in [0.25, 0.3) is 5.52 Å². The summed E-state index contributed by atoms with van der Waals surface area (Å²) in [4.78, 5) is 28.4. The van der Waals surface area contributed by atoms with Crippen LogP contribution in [0.2, 0.25) is 0 Å². The van der Waals surface area contributed by atoms with Crippen LogP contribution in [0.5, 0.6) is 0 Å². The number of hydrogen-bond donors (Lipinski definition) is 2. The number of para-hydroxylation sites is 1. The number of aromatic carboxylic acids is 1. The number of hydrogen-bond acceptors (Lipinski definition) is 4. The Labute approximate surface area is 137 Å². The highest BCUT2D eigenvalue weighted by Crippen LogP contribution is 2.38. The standard InChI is InChI=1S/C17H14N4O3/c1-2-9-11(17(23)24)7-21-15(9)14(18-8-19-21)13-10-5-3-4-6-12(10)20-16(13)22/h3-8,13H,2H2,1H3,(H,20,22)(H,23,24). The van der Waals surface area contributed by atoms with Crippen LogP contribution in [0, 0.1) is 0 Å². The molecule has 1 unspecified atom stereocenters. The van der Waals surface area contributed by atoms with Gasteiger partial charge in [-0.1, -0.05) is 25.1 Å². The van der Waals surface area contributed by atoms with Gasteiger partial charge in [-0.3, -0.25) is 4.79 Å². The Bertz CT molecular complexity index is 993. The number of rotatable bonds is 3. The molecule has 0 fully saturated rings. The molecule has 1 atom stereocenters. The Morgan fingerprint density at radius 2 is 2.17 bits per heavy atom. The van der Waals surface area contributed by atoms with Crippen molar-refractivity contribution in [3.05, 3.63) is 59.2 Å². The third-order valence-electron chi connectivity index (χ3n) is 4.36. The maximum Gasteiger partial charge on any atom is 0.337 e. The van der Waals surface area contributed by atoms with Gasteiger partial charge in [0, 0.05) is 11.9 Å². The summed E-state index contributed by atoms with van der Waals surface area (Å²) < 4.78 is 1.50. The van der Waals surface area contributed by atoms with Gasteiger partial charge in [-0.25, -0.2) is 14.3 Å². The number of nitrogens with one attached hydrogen (secondary N) is 1. The van der Waals surface area contributed by atoms with Crippen LogP contribution in [0.4, 0.5) is 5.69 Å². The zero-order chi connectivity index (χ0) is 16.8. The van der Waals surface area contributed by atoms with E-state index in [1.54, 1.807) is 0 Å². The van der Waals surface area contributed by atoms with Crippen molar-refractivity contribution < 1.29 is 14.7 Å². The molecule has 1 aliphatic rings. The van der Waals surface area contributed by atoms with Gasteiger partial charge in [-0.2, -0.15) is 5.10 Å². The van der Waals surface area contributed by atoms with Gasteiger partial charge in [0.25, 0.3) is 0 Å². The minimum absolute atomic E-state index is 0.170. The van der Waals surface area contributed by atoms with Gasteiger partial charge < -0.3 is 10.4 Å². The van der Waals surface area contributed by atoms with Crippen molar-refractivity contribution in [1.29, 1.82) is 0 Å². The number of aryl methyl sites for hydroxylation is 1. The molecule has 4 rings (SSSR count). The molecule has 0 spiro atoms. The first-order chi connectivity index (χ1) is 11.6. The fraction of sp³-hybridized carbons (Fsp3) is 0.176. The van der Waals surface area contributed by atoms with E-state index >= 15 is 0 Å². The molecule has 2 N–H and O–H groups in total. The maximum atomic E-state index is 12.5. The number of nitrogens with zero attached hydrogens (tertiary/aromatic N) is 3. The van der Waals surface area contributed by atoms with Gasteiger partial charge in [0.05, 0.1) is 16.8 Å². The number of carbonyl (C=O) groups is 2. The lowest BCUT2D eigenvalue weighted by molar-refractivity contribution is -0.116. The van der Waals surface area contributed by atoms with Crippen LogP contribution in [0.1, 0.15) is 40.0 Å². The molecule has 0 saturated heterocycles. The number of aromatic nitrogens is 3. The van der Waals surface area contributed by atoms with Crippen molar-refractivity contribution in [2.75, 3.05) is 5.32 Å². The highest BCUT2D eigenvalue weighted by Gasteiger charge is 2.35. The first kappa shape index (κ1) is 14.4. The molecule has 3 heterocycles. The monoisotopic (exact) mass is 322 g/mol. The largest absolute Gasteiger partial charge is 0.478 e. The average Bonchev–Trinajstić information content (AvgIpc) is 3.11. The van der Waals surface area contributed by atoms with Gasteiger partial charge in [-0.05, 0) is 23.6 Å². The smallest absolute Gasteiger partial charge is 0.337 e. The summed E-state index contributed by atoms with van der Waals surface area (Å²) >= 11 is 0. The topological polar surface area (TPSA) is 96.6 Å². The van der Waals surface area contributed by atoms with E-state index in [4.69, 9.17) is 0 Å². The molecule has 0 aliphatic carbocycles. The van der Waals surface area contributed by atoms with E-state index in [0.29, 0.717) is 23.2 Å². The maximum absolute atomic E-state index is 12.5. The van der Waals surface area contributed by atoms with Crippen molar-refractivity contribution in [3.63, 3.8) is 0 Å². The molecule has 7 nitrogen and oxygen atoms in total. The van der Waals surface area contributed by atoms with E-state index in [9.17, 15) is 14.7 Å². The molecule has 1 amide bonds. The molecule has 24 heavy (non-hydrogen) atoms. The Morgan fingerprint density at radius 1 is 1.38 bits per heavy atom. The fourth-order valence-electron chi connectivity index (χ4n) is 3.33. The number of fused-ring (bicyclic) bond motifs is 2. The molecule has 3 aromatic rings. The van der Waals surface area contributed by atoms with Crippen LogP contribution in [-0.2, 0) is 11.2 Å². The molecule has 0 saturated carbocycles. The number of carbonyl (C=O) groups excluding carboxylic acids is 1. The quantitative estimate of drug-likeness (QED) is 0.769. The molecular formula is C17H14N4O3. The van der Waals surface area contributed by atoms with Crippen molar-refractivity contribution in [2.24, 2.45) is 0 Å². The summed E-state index contributed by atoms with van der Waals surface area (Å²) in [6.45, 7) is 1.88. The van der Waals surface area contributed by atoms with Gasteiger partial charge in [0.2, 0.25) is 5.91 Å². The average molecular weight is 322 g/mol. The van der Waals surface area contributed by atoms with Crippen LogP contribution in [-0.4, -0.2) is 31.6 Å². The third-order valence-corrected chi connectivity index (χ3v) is 4.36. The van der Waals surface area contributed by atoms with Crippen LogP contribution in [0.15, 0.2) is 36.8 Å². The molecule has 1 aromatic carbocycles. The second-order valence-corrected chi connectivity index (χ2v) is 5.63. The normalized spacial score (nSPS) is 16.2. The summed E-state index contributed by atoms with van der Waals surface area (Å²) in [7, 11) is 0. The summed E-state index contributed by atoms with van der Waals surface area (Å²) in [5.74, 6) is -1.76. The second-order valence-electron chi connectivity index (χ2n) is 5.63. The van der Waals surface area contributed by atoms with Gasteiger partial charge >= 0.3 is 5.97 Å². The third kappa shape index (κ3) is 1.91. The lowest BCUT2D eigenvalue weighted by atomic mass is 9.94. The number of benzene rings is 1. The summed E-state index contributed by atoms with van der Waals surface area (Å²) in [5.41, 5.74) is 3.53. The Balaban J connectivity index is 2.01. The molecular weight excluding hydrogens is 308 g/mol. The zero-order valence-corrected chi connectivity index (χ0v) is 12.9. The first-order valence-corrected chi connectivity index (χ1v) is 7.60. The Hall–Kier alpha value is -3.22. The molecule has 2 aromatic heterocycles. The lowest BCUT2D eigenvalue weighted by Gasteiger charge is -2.11. The summed E-state index contributed by atoms with van der Waals surface area (Å²) in [6.07, 6.45) is 3.33. The van der Waals surface area contributed by atoms with E-state index in [1.807, 2.05) is 31.2 Å². The molecule has 1 aliphatic heterocycles. The number of anilines is 1. The Kier molecular flexibility index (Phi) is 3.09. The first-order valence-electron chi connectivity index (χ1n) is 7.60. The second kappa shape index (κ2) is 5.16. The van der Waals surface area contributed by atoms with Gasteiger partial charge in [-0.15, -0.1) is 0 Å². The lowest BCUT2D eigenvalue weighted by Crippen LogP contribution is -2.16. The van der Waals surface area contributed by atoms with Crippen molar-refractivity contribution in [3.8, 4) is 0 Å². The Morgan fingerprint density at radius 3 is 2.92 bits per heavy atom. The van der Waals surface area contributed by atoms with Crippen molar-refractivity contribution >= 4 is 23.1 Å². The van der Waals surface area contributed by atoms with E-state index in [-0.39, 0.29) is 11.5 Å². The van der Waals surface area contributed by atoms with Crippen molar-refractivity contribution in [1.82, 2.24) is 14.6 Å². The zero-order valence-electron chi connectivity index (χ0n) is 12.9. The van der Waals surface area contributed by atoms with Crippen LogP contribution >= 0.6 is 0 Å². The predicted molar refractivity (Wildman–Crippen MR) is 86.2 cm³/mol. The minimum atomic E-state index is -1.01. The van der Waals surface area contributed by atoms with E-state index in [1.165, 1.54) is 17.0 Å². The number of carboxylic acid groups (broad SMARTS) is 1. The molecule has 0 bridgehead atoms. The molecule has 7 heteroatoms. The highest BCUT2D eigenvalue weighted by atomic mass is 16.4. The molecule has 0 radical (unpaired) electrons. The van der Waals surface area contributed by atoms with Crippen LogP contribution in [0.3, 0.4) is 0 Å².